The molecule has 3 aromatic heterocycles. The highest BCUT2D eigenvalue weighted by atomic mass is 15.3. The average molecular weight is 352 g/mol. The molecule has 0 saturated heterocycles. The normalized spacial score (nSPS) is 15.7. The van der Waals surface area contributed by atoms with Gasteiger partial charge in [-0.15, -0.1) is 0 Å². The highest BCUT2D eigenvalue weighted by Gasteiger charge is 2.27. The lowest BCUT2D eigenvalue weighted by molar-refractivity contribution is 0.469. The van der Waals surface area contributed by atoms with Crippen LogP contribution in [-0.2, 0) is 6.42 Å². The first-order valence-electron chi connectivity index (χ1n) is 9.68. The van der Waals surface area contributed by atoms with Gasteiger partial charge in [-0.25, -0.2) is 4.98 Å². The van der Waals surface area contributed by atoms with E-state index in [9.17, 15) is 0 Å². The summed E-state index contributed by atoms with van der Waals surface area (Å²) < 4.78 is 2.01. The molecular weight excluding hydrogens is 324 g/mol. The standard InChI is InChI=1S/C20H28N6/c1-12(2)26-14(4)18(11-22-26)24-20-23-17(8-5-13(3)15-6-7-15)16-9-10-21-19(16)25-20/h9-13,15H,5-8H2,1-4H3,(H2,21,23,24,25)/t13-/m1/s1. The fraction of sp³-hybridized carbons (Fsp3) is 0.550. The van der Waals surface area contributed by atoms with Gasteiger partial charge in [0.05, 0.1) is 23.3 Å². The van der Waals surface area contributed by atoms with Crippen LogP contribution in [0.15, 0.2) is 18.5 Å². The fourth-order valence-electron chi connectivity index (χ4n) is 3.70. The van der Waals surface area contributed by atoms with E-state index in [-0.39, 0.29) is 0 Å². The number of nitrogens with zero attached hydrogens (tertiary/aromatic N) is 4. The first-order valence-corrected chi connectivity index (χ1v) is 9.68. The second-order valence-electron chi connectivity index (χ2n) is 7.89. The quantitative estimate of drug-likeness (QED) is 0.643. The number of hydrogen-bond acceptors (Lipinski definition) is 4. The topological polar surface area (TPSA) is 71.4 Å². The van der Waals surface area contributed by atoms with Gasteiger partial charge in [0.25, 0.3) is 0 Å². The highest BCUT2D eigenvalue weighted by molar-refractivity contribution is 5.79. The van der Waals surface area contributed by atoms with Gasteiger partial charge < -0.3 is 10.3 Å². The number of aryl methyl sites for hydroxylation is 1. The van der Waals surface area contributed by atoms with Gasteiger partial charge in [-0.3, -0.25) is 4.68 Å². The number of hydrogen-bond donors (Lipinski definition) is 2. The van der Waals surface area contributed by atoms with Crippen LogP contribution < -0.4 is 5.32 Å². The monoisotopic (exact) mass is 352 g/mol. The zero-order chi connectivity index (χ0) is 18.3. The molecule has 0 radical (unpaired) electrons. The fourth-order valence-corrected chi connectivity index (χ4v) is 3.70. The van der Waals surface area contributed by atoms with Crippen molar-refractivity contribution in [2.75, 3.05) is 5.32 Å². The summed E-state index contributed by atoms with van der Waals surface area (Å²) in [7, 11) is 0. The van der Waals surface area contributed by atoms with Crippen LogP contribution in [0.2, 0.25) is 0 Å². The third kappa shape index (κ3) is 3.32. The maximum atomic E-state index is 4.84. The van der Waals surface area contributed by atoms with Crippen molar-refractivity contribution in [3.63, 3.8) is 0 Å². The predicted octanol–water partition coefficient (Wildman–Crippen LogP) is 4.77. The van der Waals surface area contributed by atoms with Crippen LogP contribution in [0.3, 0.4) is 0 Å². The van der Waals surface area contributed by atoms with E-state index >= 15 is 0 Å². The van der Waals surface area contributed by atoms with Gasteiger partial charge in [-0.1, -0.05) is 6.92 Å². The summed E-state index contributed by atoms with van der Waals surface area (Å²) in [4.78, 5) is 12.7. The van der Waals surface area contributed by atoms with E-state index in [4.69, 9.17) is 4.98 Å². The number of H-pyrrole nitrogens is 1. The zero-order valence-corrected chi connectivity index (χ0v) is 16.1. The number of nitrogens with one attached hydrogen (secondary N) is 2. The van der Waals surface area contributed by atoms with Crippen LogP contribution in [0.4, 0.5) is 11.6 Å². The van der Waals surface area contributed by atoms with Crippen molar-refractivity contribution in [2.24, 2.45) is 11.8 Å². The molecule has 1 fully saturated rings. The number of fused-ring (bicyclic) bond motifs is 1. The summed E-state index contributed by atoms with van der Waals surface area (Å²) in [5.74, 6) is 2.35. The summed E-state index contributed by atoms with van der Waals surface area (Å²) in [5.41, 5.74) is 4.08. The SMILES string of the molecule is Cc1c(Nc2nc(CC[C@@H](C)C3CC3)c3cc[nH]c3n2)cnn1C(C)C. The molecule has 6 heteroatoms. The first-order chi connectivity index (χ1) is 12.5. The Balaban J connectivity index is 1.59. The molecule has 4 rings (SSSR count). The maximum absolute atomic E-state index is 4.84. The summed E-state index contributed by atoms with van der Waals surface area (Å²) in [6.45, 7) is 8.70. The highest BCUT2D eigenvalue weighted by Crippen LogP contribution is 2.38. The van der Waals surface area contributed by atoms with Gasteiger partial charge in [0.2, 0.25) is 5.95 Å². The molecule has 1 atom stereocenters. The molecule has 138 valence electrons. The van der Waals surface area contributed by atoms with Crippen LogP contribution in [0, 0.1) is 18.8 Å². The minimum absolute atomic E-state index is 0.330. The van der Waals surface area contributed by atoms with Crippen molar-refractivity contribution in [1.29, 1.82) is 0 Å². The van der Waals surface area contributed by atoms with E-state index in [1.165, 1.54) is 19.3 Å². The van der Waals surface area contributed by atoms with E-state index in [1.54, 1.807) is 0 Å². The van der Waals surface area contributed by atoms with Gasteiger partial charge in [0.1, 0.15) is 5.65 Å². The minimum atomic E-state index is 0.330. The minimum Gasteiger partial charge on any atom is -0.346 e. The van der Waals surface area contributed by atoms with Crippen molar-refractivity contribution < 1.29 is 0 Å². The van der Waals surface area contributed by atoms with Crippen molar-refractivity contribution >= 4 is 22.7 Å². The lowest BCUT2D eigenvalue weighted by Crippen LogP contribution is -2.07. The summed E-state index contributed by atoms with van der Waals surface area (Å²) in [6, 6.07) is 2.41. The molecule has 0 bridgehead atoms. The largest absolute Gasteiger partial charge is 0.346 e. The molecule has 0 unspecified atom stereocenters. The van der Waals surface area contributed by atoms with Crippen molar-refractivity contribution in [2.45, 2.75) is 59.4 Å². The van der Waals surface area contributed by atoms with E-state index < -0.39 is 0 Å². The molecule has 1 aliphatic rings. The Morgan fingerprint density at radius 3 is 2.77 bits per heavy atom. The van der Waals surface area contributed by atoms with Gasteiger partial charge >= 0.3 is 0 Å². The lowest BCUT2D eigenvalue weighted by atomic mass is 9.98. The average Bonchev–Trinajstić information content (AvgIpc) is 3.25. The third-order valence-corrected chi connectivity index (χ3v) is 5.54. The second kappa shape index (κ2) is 6.74. The van der Waals surface area contributed by atoms with E-state index in [0.29, 0.717) is 12.0 Å². The zero-order valence-electron chi connectivity index (χ0n) is 16.1. The van der Waals surface area contributed by atoms with E-state index in [1.807, 2.05) is 17.1 Å². The van der Waals surface area contributed by atoms with Crippen LogP contribution in [0.1, 0.15) is 57.5 Å². The number of rotatable bonds is 7. The number of aromatic nitrogens is 5. The van der Waals surface area contributed by atoms with Crippen LogP contribution in [0.5, 0.6) is 0 Å². The number of aromatic amines is 1. The van der Waals surface area contributed by atoms with Gasteiger partial charge in [0, 0.05) is 17.6 Å². The lowest BCUT2D eigenvalue weighted by Gasteiger charge is -2.12. The van der Waals surface area contributed by atoms with E-state index in [0.717, 1.165) is 46.4 Å². The van der Waals surface area contributed by atoms with Crippen LogP contribution in [0.25, 0.3) is 11.0 Å². The molecule has 3 aromatic rings. The molecule has 2 N–H and O–H groups in total. The Hall–Kier alpha value is -2.37. The first kappa shape index (κ1) is 17.1. The second-order valence-corrected chi connectivity index (χ2v) is 7.89. The Kier molecular flexibility index (Phi) is 4.42. The van der Waals surface area contributed by atoms with Crippen molar-refractivity contribution in [3.05, 3.63) is 29.8 Å². The Bertz CT molecular complexity index is 902. The predicted molar refractivity (Wildman–Crippen MR) is 105 cm³/mol. The van der Waals surface area contributed by atoms with Crippen molar-refractivity contribution in [1.82, 2.24) is 24.7 Å². The van der Waals surface area contributed by atoms with Gasteiger partial charge in [-0.05, 0) is 64.4 Å². The third-order valence-electron chi connectivity index (χ3n) is 5.54. The van der Waals surface area contributed by atoms with Gasteiger partial charge in [-0.2, -0.15) is 10.1 Å². The molecule has 6 nitrogen and oxygen atoms in total. The maximum Gasteiger partial charge on any atom is 0.229 e. The summed E-state index contributed by atoms with van der Waals surface area (Å²) >= 11 is 0. The summed E-state index contributed by atoms with van der Waals surface area (Å²) in [6.07, 6.45) is 8.78. The molecule has 1 aliphatic carbocycles. The molecule has 0 spiro atoms. The van der Waals surface area contributed by atoms with Crippen molar-refractivity contribution in [3.8, 4) is 0 Å². The van der Waals surface area contributed by atoms with E-state index in [2.05, 4.69) is 54.1 Å². The smallest absolute Gasteiger partial charge is 0.229 e. The van der Waals surface area contributed by atoms with Crippen LogP contribution in [-0.4, -0.2) is 24.7 Å². The molecular formula is C20H28N6. The van der Waals surface area contributed by atoms with Crippen LogP contribution >= 0.6 is 0 Å². The Morgan fingerprint density at radius 1 is 1.27 bits per heavy atom. The molecule has 1 saturated carbocycles. The molecule has 3 heterocycles. The molecule has 0 aromatic carbocycles. The van der Waals surface area contributed by atoms with Gasteiger partial charge in [0.15, 0.2) is 0 Å². The Morgan fingerprint density at radius 2 is 2.08 bits per heavy atom. The number of anilines is 2. The summed E-state index contributed by atoms with van der Waals surface area (Å²) in [5, 5.41) is 8.96. The Labute approximate surface area is 154 Å². The molecule has 0 aliphatic heterocycles. The molecule has 0 amide bonds. The molecule has 26 heavy (non-hydrogen) atoms.